The number of rotatable bonds is 5. The fourth-order valence-electron chi connectivity index (χ4n) is 1.88. The minimum Gasteiger partial charge on any atom is -0.462 e. The van der Waals surface area contributed by atoms with Crippen molar-refractivity contribution in [2.45, 2.75) is 13.5 Å². The molecule has 3 N–H and O–H groups in total. The Balaban J connectivity index is 2.03. The topological polar surface area (TPSA) is 64.3 Å². The van der Waals surface area contributed by atoms with E-state index >= 15 is 0 Å². The van der Waals surface area contributed by atoms with Crippen LogP contribution in [-0.4, -0.2) is 12.6 Å². The maximum absolute atomic E-state index is 11.6. The lowest BCUT2D eigenvalue weighted by Gasteiger charge is -2.09. The third kappa shape index (κ3) is 3.75. The molecule has 104 valence electrons. The van der Waals surface area contributed by atoms with Gasteiger partial charge in [-0.15, -0.1) is 0 Å². The monoisotopic (exact) mass is 270 g/mol. The zero-order chi connectivity index (χ0) is 14.4. The van der Waals surface area contributed by atoms with Crippen molar-refractivity contribution in [3.05, 3.63) is 59.7 Å². The number of benzene rings is 2. The fourth-order valence-corrected chi connectivity index (χ4v) is 1.88. The molecule has 0 heterocycles. The Morgan fingerprint density at radius 1 is 1.20 bits per heavy atom. The molecular formula is C16H18N2O2. The van der Waals surface area contributed by atoms with Gasteiger partial charge in [-0.1, -0.05) is 18.2 Å². The van der Waals surface area contributed by atoms with E-state index < -0.39 is 0 Å². The highest BCUT2D eigenvalue weighted by Gasteiger charge is 2.06. The van der Waals surface area contributed by atoms with Crippen LogP contribution in [0.15, 0.2) is 48.5 Å². The average Bonchev–Trinajstić information content (AvgIpc) is 2.46. The van der Waals surface area contributed by atoms with Crippen LogP contribution >= 0.6 is 0 Å². The Morgan fingerprint density at radius 3 is 2.75 bits per heavy atom. The van der Waals surface area contributed by atoms with Gasteiger partial charge in [-0.25, -0.2) is 4.79 Å². The summed E-state index contributed by atoms with van der Waals surface area (Å²) in [5, 5.41) is 3.26. The van der Waals surface area contributed by atoms with E-state index in [0.717, 1.165) is 16.9 Å². The molecule has 20 heavy (non-hydrogen) atoms. The van der Waals surface area contributed by atoms with Crippen LogP contribution in [0, 0.1) is 0 Å². The molecule has 0 atom stereocenters. The zero-order valence-electron chi connectivity index (χ0n) is 11.4. The van der Waals surface area contributed by atoms with E-state index in [4.69, 9.17) is 10.5 Å². The summed E-state index contributed by atoms with van der Waals surface area (Å²) in [6.07, 6.45) is 0. The summed E-state index contributed by atoms with van der Waals surface area (Å²) in [6.45, 7) is 2.82. The van der Waals surface area contributed by atoms with E-state index in [1.807, 2.05) is 36.4 Å². The number of nitrogens with two attached hydrogens (primary N) is 1. The van der Waals surface area contributed by atoms with Crippen LogP contribution in [0.1, 0.15) is 22.8 Å². The first-order valence-corrected chi connectivity index (χ1v) is 6.54. The number of ether oxygens (including phenoxy) is 1. The Hall–Kier alpha value is -2.49. The fraction of sp³-hybridized carbons (Fsp3) is 0.188. The molecule has 0 fully saturated rings. The first-order valence-electron chi connectivity index (χ1n) is 6.54. The second kappa shape index (κ2) is 6.61. The number of carbonyl (C=O) groups excluding carboxylic acids is 1. The molecule has 2 rings (SSSR count). The molecule has 0 saturated heterocycles. The number of hydrogen-bond acceptors (Lipinski definition) is 4. The number of hydrogen-bond donors (Lipinski definition) is 2. The van der Waals surface area contributed by atoms with Gasteiger partial charge in [0.15, 0.2) is 0 Å². The van der Waals surface area contributed by atoms with Crippen LogP contribution in [0.2, 0.25) is 0 Å². The predicted molar refractivity (Wildman–Crippen MR) is 80.6 cm³/mol. The Morgan fingerprint density at radius 2 is 2.00 bits per heavy atom. The molecule has 0 amide bonds. The molecule has 0 aromatic heterocycles. The smallest absolute Gasteiger partial charge is 0.338 e. The minimum atomic E-state index is -0.305. The molecule has 0 bridgehead atoms. The lowest BCUT2D eigenvalue weighted by atomic mass is 10.1. The van der Waals surface area contributed by atoms with Crippen molar-refractivity contribution in [1.29, 1.82) is 0 Å². The molecule has 0 spiro atoms. The number of anilines is 2. The third-order valence-electron chi connectivity index (χ3n) is 2.82. The zero-order valence-corrected chi connectivity index (χ0v) is 11.4. The first kappa shape index (κ1) is 13.9. The molecule has 0 aliphatic heterocycles. The van der Waals surface area contributed by atoms with E-state index in [0.29, 0.717) is 18.7 Å². The van der Waals surface area contributed by atoms with Gasteiger partial charge in [0.2, 0.25) is 0 Å². The van der Waals surface area contributed by atoms with Crippen LogP contribution in [0.4, 0.5) is 11.4 Å². The maximum atomic E-state index is 11.6. The van der Waals surface area contributed by atoms with Crippen molar-refractivity contribution in [1.82, 2.24) is 0 Å². The first-order chi connectivity index (χ1) is 9.69. The Bertz CT molecular complexity index is 597. The Labute approximate surface area is 118 Å². The summed E-state index contributed by atoms with van der Waals surface area (Å²) in [4.78, 5) is 11.6. The summed E-state index contributed by atoms with van der Waals surface area (Å²) in [7, 11) is 0. The van der Waals surface area contributed by atoms with Crippen LogP contribution in [0.3, 0.4) is 0 Å². The van der Waals surface area contributed by atoms with Crippen LogP contribution in [-0.2, 0) is 11.3 Å². The summed E-state index contributed by atoms with van der Waals surface area (Å²) in [6, 6.07) is 14.9. The molecule has 0 aliphatic rings. The SMILES string of the molecule is CCOC(=O)c1cccc(NCc2cccc(N)c2)c1. The van der Waals surface area contributed by atoms with Gasteiger partial charge in [0, 0.05) is 17.9 Å². The lowest BCUT2D eigenvalue weighted by Crippen LogP contribution is -2.06. The lowest BCUT2D eigenvalue weighted by molar-refractivity contribution is 0.0526. The molecule has 2 aromatic rings. The predicted octanol–water partition coefficient (Wildman–Crippen LogP) is 3.06. The van der Waals surface area contributed by atoms with Crippen LogP contribution in [0.5, 0.6) is 0 Å². The standard InChI is InChI=1S/C16H18N2O2/c1-2-20-16(19)13-6-4-8-15(10-13)18-11-12-5-3-7-14(17)9-12/h3-10,18H,2,11,17H2,1H3. The van der Waals surface area contributed by atoms with Gasteiger partial charge in [-0.3, -0.25) is 0 Å². The van der Waals surface area contributed by atoms with E-state index in [2.05, 4.69) is 5.32 Å². The van der Waals surface area contributed by atoms with Gasteiger partial charge < -0.3 is 15.8 Å². The normalized spacial score (nSPS) is 10.1. The number of esters is 1. The van der Waals surface area contributed by atoms with Crippen molar-refractivity contribution in [3.8, 4) is 0 Å². The number of nitrogen functional groups attached to an aromatic ring is 1. The molecule has 0 aliphatic carbocycles. The van der Waals surface area contributed by atoms with E-state index in [1.54, 1.807) is 19.1 Å². The van der Waals surface area contributed by atoms with Gasteiger partial charge in [-0.2, -0.15) is 0 Å². The number of nitrogens with one attached hydrogen (secondary N) is 1. The van der Waals surface area contributed by atoms with Gasteiger partial charge in [0.05, 0.1) is 12.2 Å². The summed E-state index contributed by atoms with van der Waals surface area (Å²) in [5.41, 5.74) is 8.98. The van der Waals surface area contributed by atoms with E-state index in [9.17, 15) is 4.79 Å². The highest BCUT2D eigenvalue weighted by Crippen LogP contribution is 2.14. The van der Waals surface area contributed by atoms with Crippen molar-refractivity contribution >= 4 is 17.3 Å². The molecule has 4 heteroatoms. The second-order valence-corrected chi connectivity index (χ2v) is 4.40. The third-order valence-corrected chi connectivity index (χ3v) is 2.82. The molecule has 2 aromatic carbocycles. The second-order valence-electron chi connectivity index (χ2n) is 4.40. The van der Waals surface area contributed by atoms with Crippen LogP contribution < -0.4 is 11.1 Å². The van der Waals surface area contributed by atoms with Crippen molar-refractivity contribution < 1.29 is 9.53 Å². The summed E-state index contributed by atoms with van der Waals surface area (Å²) >= 11 is 0. The molecule has 0 unspecified atom stereocenters. The highest BCUT2D eigenvalue weighted by atomic mass is 16.5. The molecule has 0 radical (unpaired) electrons. The van der Waals surface area contributed by atoms with E-state index in [1.165, 1.54) is 0 Å². The molecule has 4 nitrogen and oxygen atoms in total. The average molecular weight is 270 g/mol. The van der Waals surface area contributed by atoms with Crippen molar-refractivity contribution in [3.63, 3.8) is 0 Å². The van der Waals surface area contributed by atoms with Gasteiger partial charge in [-0.05, 0) is 42.8 Å². The molecule has 0 saturated carbocycles. The summed E-state index contributed by atoms with van der Waals surface area (Å²) in [5.74, 6) is -0.305. The van der Waals surface area contributed by atoms with Crippen molar-refractivity contribution in [2.75, 3.05) is 17.7 Å². The maximum Gasteiger partial charge on any atom is 0.338 e. The van der Waals surface area contributed by atoms with Crippen molar-refractivity contribution in [2.24, 2.45) is 0 Å². The highest BCUT2D eigenvalue weighted by molar-refractivity contribution is 5.90. The van der Waals surface area contributed by atoms with Gasteiger partial charge in [0.25, 0.3) is 0 Å². The Kier molecular flexibility index (Phi) is 4.60. The van der Waals surface area contributed by atoms with E-state index in [-0.39, 0.29) is 5.97 Å². The molecular weight excluding hydrogens is 252 g/mol. The summed E-state index contributed by atoms with van der Waals surface area (Å²) < 4.78 is 4.98. The largest absolute Gasteiger partial charge is 0.462 e. The van der Waals surface area contributed by atoms with Gasteiger partial charge in [0.1, 0.15) is 0 Å². The minimum absolute atomic E-state index is 0.305. The van der Waals surface area contributed by atoms with Gasteiger partial charge >= 0.3 is 5.97 Å². The van der Waals surface area contributed by atoms with Crippen LogP contribution in [0.25, 0.3) is 0 Å². The quantitative estimate of drug-likeness (QED) is 0.647. The number of carbonyl (C=O) groups is 1.